The van der Waals surface area contributed by atoms with E-state index in [0.717, 1.165) is 30.0 Å². The quantitative estimate of drug-likeness (QED) is 0.382. The van der Waals surface area contributed by atoms with E-state index in [9.17, 15) is 0 Å². The number of aryl methyl sites for hydroxylation is 2. The van der Waals surface area contributed by atoms with Crippen molar-refractivity contribution in [1.82, 2.24) is 9.78 Å². The van der Waals surface area contributed by atoms with Crippen LogP contribution in [0.5, 0.6) is 0 Å². The first-order chi connectivity index (χ1) is 9.60. The van der Waals surface area contributed by atoms with Crippen molar-refractivity contribution < 1.29 is 5.21 Å². The fraction of sp³-hybridized carbons (Fsp3) is 0.714. The van der Waals surface area contributed by atoms with Crippen LogP contribution in [0.25, 0.3) is 0 Å². The van der Waals surface area contributed by atoms with Gasteiger partial charge < -0.3 is 15.8 Å². The molecule has 0 radical (unpaired) electrons. The molecule has 1 atom stereocenters. The van der Waals surface area contributed by atoms with E-state index >= 15 is 0 Å². The summed E-state index contributed by atoms with van der Waals surface area (Å²) < 4.78 is 1.86. The molecule has 1 aromatic heterocycles. The van der Waals surface area contributed by atoms with Crippen molar-refractivity contribution >= 4 is 11.7 Å². The zero-order chi connectivity index (χ0) is 14.7. The molecule has 1 aromatic rings. The number of hydrogen-bond acceptors (Lipinski definition) is 4. The molecule has 1 fully saturated rings. The van der Waals surface area contributed by atoms with Crippen LogP contribution >= 0.6 is 0 Å². The number of nitrogens with two attached hydrogens (primary N) is 1. The molecule has 1 saturated heterocycles. The summed E-state index contributed by atoms with van der Waals surface area (Å²) in [5.41, 5.74) is 7.42. The second kappa shape index (κ2) is 6.15. The van der Waals surface area contributed by atoms with Gasteiger partial charge in [-0.25, -0.2) is 0 Å². The SMILES string of the molecule is CCCC1CCCCN1c1c(C(N)=NO)c(C)nn1C. The minimum absolute atomic E-state index is 0.145. The largest absolute Gasteiger partial charge is 0.409 e. The van der Waals surface area contributed by atoms with Gasteiger partial charge in [-0.2, -0.15) is 5.10 Å². The maximum absolute atomic E-state index is 9.02. The van der Waals surface area contributed by atoms with Crippen LogP contribution in [0, 0.1) is 6.92 Å². The molecule has 1 aliphatic rings. The van der Waals surface area contributed by atoms with Crippen LogP contribution in [0.1, 0.15) is 50.3 Å². The van der Waals surface area contributed by atoms with Gasteiger partial charge in [-0.3, -0.25) is 4.68 Å². The standard InChI is InChI=1S/C14H25N5O/c1-4-7-11-8-5-6-9-19(11)14-12(13(15)17-20)10(2)16-18(14)3/h11,20H,4-9H2,1-3H3,(H2,15,17). The lowest BCUT2D eigenvalue weighted by Crippen LogP contribution is -2.41. The zero-order valence-corrected chi connectivity index (χ0v) is 12.6. The average molecular weight is 279 g/mol. The van der Waals surface area contributed by atoms with Crippen molar-refractivity contribution in [1.29, 1.82) is 0 Å². The summed E-state index contributed by atoms with van der Waals surface area (Å²) in [5.74, 6) is 1.13. The summed E-state index contributed by atoms with van der Waals surface area (Å²) >= 11 is 0. The van der Waals surface area contributed by atoms with Gasteiger partial charge in [0.2, 0.25) is 0 Å². The topological polar surface area (TPSA) is 79.7 Å². The predicted molar refractivity (Wildman–Crippen MR) is 80.3 cm³/mol. The Balaban J connectivity index is 2.44. The Kier molecular flexibility index (Phi) is 4.52. The van der Waals surface area contributed by atoms with Gasteiger partial charge in [-0.1, -0.05) is 18.5 Å². The highest BCUT2D eigenvalue weighted by Gasteiger charge is 2.29. The molecular weight excluding hydrogens is 254 g/mol. The maximum Gasteiger partial charge on any atom is 0.175 e. The zero-order valence-electron chi connectivity index (χ0n) is 12.6. The Labute approximate surface area is 120 Å². The van der Waals surface area contributed by atoms with Gasteiger partial charge in [0.15, 0.2) is 5.84 Å². The van der Waals surface area contributed by atoms with Gasteiger partial charge in [0.1, 0.15) is 5.82 Å². The lowest BCUT2D eigenvalue weighted by Gasteiger charge is -2.37. The van der Waals surface area contributed by atoms with Crippen LogP contribution in [0.3, 0.4) is 0 Å². The number of nitrogens with zero attached hydrogens (tertiary/aromatic N) is 4. The molecular formula is C14H25N5O. The molecule has 0 aliphatic carbocycles. The van der Waals surface area contributed by atoms with Gasteiger partial charge in [0, 0.05) is 19.6 Å². The number of rotatable bonds is 4. The predicted octanol–water partition coefficient (Wildman–Crippen LogP) is 1.98. The summed E-state index contributed by atoms with van der Waals surface area (Å²) in [6.07, 6.45) is 5.99. The van der Waals surface area contributed by atoms with Crippen LogP contribution in [0.4, 0.5) is 5.82 Å². The van der Waals surface area contributed by atoms with Gasteiger partial charge in [-0.15, -0.1) is 0 Å². The van der Waals surface area contributed by atoms with Crippen molar-refractivity contribution in [2.24, 2.45) is 17.9 Å². The molecule has 0 aromatic carbocycles. The Bertz CT molecular complexity index is 492. The summed E-state index contributed by atoms with van der Waals surface area (Å²) in [7, 11) is 1.92. The van der Waals surface area contributed by atoms with E-state index < -0.39 is 0 Å². The molecule has 0 amide bonds. The normalized spacial score (nSPS) is 20.4. The second-order valence-corrected chi connectivity index (χ2v) is 5.52. The maximum atomic E-state index is 9.02. The highest BCUT2D eigenvalue weighted by Crippen LogP contribution is 2.31. The molecule has 6 nitrogen and oxygen atoms in total. The van der Waals surface area contributed by atoms with Gasteiger partial charge in [0.05, 0.1) is 11.3 Å². The second-order valence-electron chi connectivity index (χ2n) is 5.52. The number of piperidine rings is 1. The third kappa shape index (κ3) is 2.59. The molecule has 0 spiro atoms. The minimum atomic E-state index is 0.145. The van der Waals surface area contributed by atoms with Crippen LogP contribution < -0.4 is 10.6 Å². The van der Waals surface area contributed by atoms with Crippen molar-refractivity contribution in [3.63, 3.8) is 0 Å². The third-order valence-electron chi connectivity index (χ3n) is 4.08. The molecule has 6 heteroatoms. The lowest BCUT2D eigenvalue weighted by molar-refractivity contribution is 0.318. The lowest BCUT2D eigenvalue weighted by atomic mass is 9.97. The molecule has 20 heavy (non-hydrogen) atoms. The average Bonchev–Trinajstić information content (AvgIpc) is 2.73. The molecule has 2 heterocycles. The monoisotopic (exact) mass is 279 g/mol. The van der Waals surface area contributed by atoms with E-state index in [1.807, 2.05) is 18.7 Å². The number of oxime groups is 1. The van der Waals surface area contributed by atoms with Gasteiger partial charge >= 0.3 is 0 Å². The van der Waals surface area contributed by atoms with Crippen LogP contribution in [-0.4, -0.2) is 33.4 Å². The molecule has 0 bridgehead atoms. The van der Waals surface area contributed by atoms with Crippen molar-refractivity contribution in [3.05, 3.63) is 11.3 Å². The first-order valence-electron chi connectivity index (χ1n) is 7.38. The summed E-state index contributed by atoms with van der Waals surface area (Å²) in [6, 6.07) is 0.522. The third-order valence-corrected chi connectivity index (χ3v) is 4.08. The molecule has 1 unspecified atom stereocenters. The number of anilines is 1. The van der Waals surface area contributed by atoms with E-state index in [0.29, 0.717) is 6.04 Å². The highest BCUT2D eigenvalue weighted by molar-refractivity contribution is 6.02. The molecule has 0 saturated carbocycles. The number of aromatic nitrogens is 2. The summed E-state index contributed by atoms with van der Waals surface area (Å²) in [5, 5.41) is 16.6. The van der Waals surface area contributed by atoms with Gasteiger partial charge in [-0.05, 0) is 32.6 Å². The first kappa shape index (κ1) is 14.7. The summed E-state index contributed by atoms with van der Waals surface area (Å²) in [4.78, 5) is 2.39. The Morgan fingerprint density at radius 2 is 2.25 bits per heavy atom. The number of amidine groups is 1. The van der Waals surface area contributed by atoms with Crippen LogP contribution in [0.15, 0.2) is 5.16 Å². The first-order valence-corrected chi connectivity index (χ1v) is 7.38. The Morgan fingerprint density at radius 1 is 1.50 bits per heavy atom. The smallest absolute Gasteiger partial charge is 0.175 e. The fourth-order valence-electron chi connectivity index (χ4n) is 3.24. The minimum Gasteiger partial charge on any atom is -0.409 e. The Morgan fingerprint density at radius 3 is 2.90 bits per heavy atom. The number of hydrogen-bond donors (Lipinski definition) is 2. The van der Waals surface area contributed by atoms with Crippen molar-refractivity contribution in [2.75, 3.05) is 11.4 Å². The Hall–Kier alpha value is -1.72. The van der Waals surface area contributed by atoms with Crippen molar-refractivity contribution in [2.45, 2.75) is 52.0 Å². The fourth-order valence-corrected chi connectivity index (χ4v) is 3.24. The highest BCUT2D eigenvalue weighted by atomic mass is 16.4. The van der Waals surface area contributed by atoms with Gasteiger partial charge in [0.25, 0.3) is 0 Å². The molecule has 1 aliphatic heterocycles. The summed E-state index contributed by atoms with van der Waals surface area (Å²) in [6.45, 7) is 5.12. The molecule has 2 rings (SSSR count). The molecule has 3 N–H and O–H groups in total. The van der Waals surface area contributed by atoms with E-state index in [1.54, 1.807) is 0 Å². The van der Waals surface area contributed by atoms with Crippen LogP contribution in [0.2, 0.25) is 0 Å². The molecule has 112 valence electrons. The van der Waals surface area contributed by atoms with E-state index in [1.165, 1.54) is 25.7 Å². The van der Waals surface area contributed by atoms with Crippen LogP contribution in [-0.2, 0) is 7.05 Å². The van der Waals surface area contributed by atoms with E-state index in [-0.39, 0.29) is 5.84 Å². The van der Waals surface area contributed by atoms with E-state index in [2.05, 4.69) is 22.1 Å². The van der Waals surface area contributed by atoms with Crippen molar-refractivity contribution in [3.8, 4) is 0 Å². The van der Waals surface area contributed by atoms with E-state index in [4.69, 9.17) is 10.9 Å².